The monoisotopic (exact) mass is 345 g/mol. The summed E-state index contributed by atoms with van der Waals surface area (Å²) in [4.78, 5) is 18.2. The zero-order chi connectivity index (χ0) is 18.2. The molecule has 1 aromatic heterocycles. The van der Waals surface area contributed by atoms with Crippen molar-refractivity contribution < 1.29 is 9.53 Å². The predicted octanol–water partition coefficient (Wildman–Crippen LogP) is 1.88. The summed E-state index contributed by atoms with van der Waals surface area (Å²) in [5.74, 6) is 0.820. The van der Waals surface area contributed by atoms with Crippen molar-refractivity contribution in [3.8, 4) is 5.75 Å². The third-order valence-electron chi connectivity index (χ3n) is 4.00. The predicted molar refractivity (Wildman–Crippen MR) is 97.6 cm³/mol. The number of aromatic nitrogens is 2. The van der Waals surface area contributed by atoms with Gasteiger partial charge in [0, 0.05) is 31.5 Å². The fraction of sp³-hybridized carbons (Fsp3) is 0.444. The highest BCUT2D eigenvalue weighted by Crippen LogP contribution is 2.20. The van der Waals surface area contributed by atoms with Gasteiger partial charge in [-0.1, -0.05) is 12.1 Å². The molecule has 0 unspecified atom stereocenters. The molecule has 0 bridgehead atoms. The first kappa shape index (κ1) is 18.8. The molecular weight excluding hydrogens is 318 g/mol. The van der Waals surface area contributed by atoms with Crippen LogP contribution in [0.5, 0.6) is 5.75 Å². The van der Waals surface area contributed by atoms with E-state index in [0.717, 1.165) is 11.3 Å². The van der Waals surface area contributed by atoms with Crippen LogP contribution >= 0.6 is 0 Å². The first-order valence-corrected chi connectivity index (χ1v) is 8.30. The largest absolute Gasteiger partial charge is 0.497 e. The van der Waals surface area contributed by atoms with Crippen LogP contribution in [-0.4, -0.2) is 54.3 Å². The molecule has 1 aromatic carbocycles. The lowest BCUT2D eigenvalue weighted by Gasteiger charge is -2.26. The molecule has 0 fully saturated rings. The van der Waals surface area contributed by atoms with Crippen LogP contribution in [-0.2, 0) is 6.54 Å². The number of likely N-dealkylation sites (N-methyl/N-ethyl adjacent to an activating group) is 1. The van der Waals surface area contributed by atoms with Gasteiger partial charge in [-0.15, -0.1) is 0 Å². The van der Waals surface area contributed by atoms with Gasteiger partial charge in [0.05, 0.1) is 19.5 Å². The summed E-state index contributed by atoms with van der Waals surface area (Å²) in [6, 6.07) is 7.81. The fourth-order valence-electron chi connectivity index (χ4n) is 2.65. The van der Waals surface area contributed by atoms with Gasteiger partial charge in [-0.2, -0.15) is 0 Å². The van der Waals surface area contributed by atoms with E-state index in [1.807, 2.05) is 56.0 Å². The third-order valence-corrected chi connectivity index (χ3v) is 4.00. The Morgan fingerprint density at radius 1 is 1.32 bits per heavy atom. The topological polar surface area (TPSA) is 71.4 Å². The number of benzene rings is 1. The number of rotatable bonds is 8. The molecule has 0 saturated heterocycles. The highest BCUT2D eigenvalue weighted by atomic mass is 16.5. The zero-order valence-electron chi connectivity index (χ0n) is 15.3. The second kappa shape index (κ2) is 9.08. The van der Waals surface area contributed by atoms with E-state index in [0.29, 0.717) is 13.1 Å². The highest BCUT2D eigenvalue weighted by Gasteiger charge is 2.16. The van der Waals surface area contributed by atoms with E-state index in [9.17, 15) is 4.79 Å². The van der Waals surface area contributed by atoms with Crippen LogP contribution in [0.25, 0.3) is 0 Å². The number of imidazole rings is 1. The SMILES string of the molecule is COc1ccc([C@H](CNC(=O)N[C@@H](C)Cn2ccnc2)N(C)C)cc1. The van der Waals surface area contributed by atoms with Gasteiger partial charge in [0.2, 0.25) is 0 Å². The minimum Gasteiger partial charge on any atom is -0.497 e. The van der Waals surface area contributed by atoms with Crippen molar-refractivity contribution in [3.05, 3.63) is 48.5 Å². The summed E-state index contributed by atoms with van der Waals surface area (Å²) < 4.78 is 7.13. The maximum Gasteiger partial charge on any atom is 0.315 e. The number of nitrogens with one attached hydrogen (secondary N) is 2. The van der Waals surface area contributed by atoms with Crippen molar-refractivity contribution in [2.75, 3.05) is 27.7 Å². The molecule has 7 heteroatoms. The highest BCUT2D eigenvalue weighted by molar-refractivity contribution is 5.74. The average Bonchev–Trinajstić information content (AvgIpc) is 3.08. The molecule has 2 atom stereocenters. The van der Waals surface area contributed by atoms with E-state index in [4.69, 9.17) is 4.74 Å². The van der Waals surface area contributed by atoms with Crippen LogP contribution in [0.15, 0.2) is 43.0 Å². The minimum atomic E-state index is -0.173. The Kier molecular flexibility index (Phi) is 6.82. The van der Waals surface area contributed by atoms with Gasteiger partial charge in [0.15, 0.2) is 0 Å². The van der Waals surface area contributed by atoms with Crippen molar-refractivity contribution in [1.29, 1.82) is 0 Å². The molecule has 0 aliphatic rings. The molecular formula is C18H27N5O2. The summed E-state index contributed by atoms with van der Waals surface area (Å²) in [6.07, 6.45) is 5.34. The number of carbonyl (C=O) groups excluding carboxylic acids is 1. The molecule has 2 aromatic rings. The number of methoxy groups -OCH3 is 1. The number of carbonyl (C=O) groups is 1. The van der Waals surface area contributed by atoms with E-state index >= 15 is 0 Å². The summed E-state index contributed by atoms with van der Waals surface area (Å²) >= 11 is 0. The maximum atomic E-state index is 12.2. The first-order chi connectivity index (χ1) is 12.0. The van der Waals surface area contributed by atoms with E-state index in [1.165, 1.54) is 0 Å². The van der Waals surface area contributed by atoms with E-state index in [-0.39, 0.29) is 18.1 Å². The van der Waals surface area contributed by atoms with Gasteiger partial charge in [0.1, 0.15) is 5.75 Å². The van der Waals surface area contributed by atoms with Crippen molar-refractivity contribution in [1.82, 2.24) is 25.1 Å². The number of ether oxygens (including phenoxy) is 1. The normalized spacial score (nSPS) is 13.3. The number of hydrogen-bond acceptors (Lipinski definition) is 4. The van der Waals surface area contributed by atoms with Gasteiger partial charge < -0.3 is 24.8 Å². The van der Waals surface area contributed by atoms with Crippen molar-refractivity contribution in [2.45, 2.75) is 25.6 Å². The second-order valence-corrected chi connectivity index (χ2v) is 6.27. The van der Waals surface area contributed by atoms with Gasteiger partial charge in [-0.05, 0) is 38.7 Å². The van der Waals surface area contributed by atoms with Crippen LogP contribution in [0.4, 0.5) is 4.79 Å². The zero-order valence-corrected chi connectivity index (χ0v) is 15.3. The van der Waals surface area contributed by atoms with Crippen LogP contribution in [0.3, 0.4) is 0 Å². The molecule has 2 rings (SSSR count). The fourth-order valence-corrected chi connectivity index (χ4v) is 2.65. The molecule has 0 radical (unpaired) electrons. The Balaban J connectivity index is 1.86. The Morgan fingerprint density at radius 2 is 2.04 bits per heavy atom. The summed E-state index contributed by atoms with van der Waals surface area (Å²) in [6.45, 7) is 3.17. The van der Waals surface area contributed by atoms with Crippen molar-refractivity contribution >= 4 is 6.03 Å². The van der Waals surface area contributed by atoms with Crippen molar-refractivity contribution in [3.63, 3.8) is 0 Å². The lowest BCUT2D eigenvalue weighted by atomic mass is 10.1. The van der Waals surface area contributed by atoms with Gasteiger partial charge in [-0.25, -0.2) is 9.78 Å². The summed E-state index contributed by atoms with van der Waals surface area (Å²) in [5, 5.41) is 5.90. The van der Waals surface area contributed by atoms with E-state index in [1.54, 1.807) is 19.6 Å². The van der Waals surface area contributed by atoms with Crippen LogP contribution in [0.2, 0.25) is 0 Å². The van der Waals surface area contributed by atoms with Crippen LogP contribution in [0.1, 0.15) is 18.5 Å². The minimum absolute atomic E-state index is 0.00740. The molecule has 1 heterocycles. The van der Waals surface area contributed by atoms with Gasteiger partial charge >= 0.3 is 6.03 Å². The summed E-state index contributed by atoms with van der Waals surface area (Å²) in [7, 11) is 5.64. The van der Waals surface area contributed by atoms with Crippen molar-refractivity contribution in [2.24, 2.45) is 0 Å². The van der Waals surface area contributed by atoms with Gasteiger partial charge in [0.25, 0.3) is 0 Å². The molecule has 2 amide bonds. The maximum absolute atomic E-state index is 12.2. The number of amides is 2. The smallest absolute Gasteiger partial charge is 0.315 e. The quantitative estimate of drug-likeness (QED) is 0.766. The molecule has 25 heavy (non-hydrogen) atoms. The Morgan fingerprint density at radius 3 is 2.60 bits per heavy atom. The third kappa shape index (κ3) is 5.79. The molecule has 0 aliphatic heterocycles. The molecule has 2 N–H and O–H groups in total. The molecule has 7 nitrogen and oxygen atoms in total. The lowest BCUT2D eigenvalue weighted by molar-refractivity contribution is 0.228. The van der Waals surface area contributed by atoms with Crippen LogP contribution < -0.4 is 15.4 Å². The Bertz CT molecular complexity index is 640. The number of nitrogens with zero attached hydrogens (tertiary/aromatic N) is 3. The standard InChI is InChI=1S/C18H27N5O2/c1-14(12-23-10-9-19-13-23)21-18(24)20-11-17(22(2)3)15-5-7-16(25-4)8-6-15/h5-10,13-14,17H,11-12H2,1-4H3,(H2,20,21,24)/t14-,17-/m0/s1. The average molecular weight is 345 g/mol. The second-order valence-electron chi connectivity index (χ2n) is 6.27. The number of hydrogen-bond donors (Lipinski definition) is 2. The van der Waals surface area contributed by atoms with E-state index < -0.39 is 0 Å². The molecule has 0 saturated carbocycles. The van der Waals surface area contributed by atoms with Crippen LogP contribution in [0, 0.1) is 0 Å². The molecule has 136 valence electrons. The number of urea groups is 1. The molecule has 0 aliphatic carbocycles. The first-order valence-electron chi connectivity index (χ1n) is 8.30. The lowest BCUT2D eigenvalue weighted by Crippen LogP contribution is -2.45. The Labute approximate surface area is 149 Å². The molecule has 0 spiro atoms. The Hall–Kier alpha value is -2.54. The van der Waals surface area contributed by atoms with E-state index in [2.05, 4.69) is 20.5 Å². The van der Waals surface area contributed by atoms with Gasteiger partial charge in [-0.3, -0.25) is 0 Å². The summed E-state index contributed by atoms with van der Waals surface area (Å²) in [5.41, 5.74) is 1.12.